The first-order valence-corrected chi connectivity index (χ1v) is 9.71. The molecule has 0 spiro atoms. The largest absolute Gasteiger partial charge is 0.341 e. The van der Waals surface area contributed by atoms with Gasteiger partial charge < -0.3 is 10.6 Å². The highest BCUT2D eigenvalue weighted by Gasteiger charge is 2.37. The summed E-state index contributed by atoms with van der Waals surface area (Å²) in [6.45, 7) is 6.63. The molecule has 1 saturated heterocycles. The molecule has 2 rings (SSSR count). The van der Waals surface area contributed by atoms with Gasteiger partial charge in [0.1, 0.15) is 0 Å². The number of hydrogen-bond donors (Lipinski definition) is 2. The molecule has 1 aromatic rings. The maximum atomic E-state index is 12.6. The van der Waals surface area contributed by atoms with Crippen molar-refractivity contribution in [3.63, 3.8) is 0 Å². The van der Waals surface area contributed by atoms with Crippen molar-refractivity contribution in [2.45, 2.75) is 44.2 Å². The van der Waals surface area contributed by atoms with Crippen molar-refractivity contribution in [2.75, 3.05) is 13.1 Å². The van der Waals surface area contributed by atoms with E-state index in [1.54, 1.807) is 11.8 Å². The van der Waals surface area contributed by atoms with Gasteiger partial charge in [0.2, 0.25) is 15.9 Å². The van der Waals surface area contributed by atoms with Crippen molar-refractivity contribution in [1.82, 2.24) is 9.62 Å². The van der Waals surface area contributed by atoms with Crippen LogP contribution in [0.3, 0.4) is 0 Å². The molecule has 6 nitrogen and oxygen atoms in total. The Balaban J connectivity index is 0.00000312. The number of nitrogens with one attached hydrogen (secondary N) is 1. The number of sulfonamides is 1. The van der Waals surface area contributed by atoms with Gasteiger partial charge in [-0.3, -0.25) is 4.79 Å². The number of nitrogens with zero attached hydrogens (tertiary/aromatic N) is 1. The van der Waals surface area contributed by atoms with E-state index in [4.69, 9.17) is 17.3 Å². The average molecular weight is 410 g/mol. The second-order valence-corrected chi connectivity index (χ2v) is 9.09. The van der Waals surface area contributed by atoms with Crippen LogP contribution in [-0.4, -0.2) is 44.4 Å². The Bertz CT molecular complexity index is 708. The number of likely N-dealkylation sites (tertiary alicyclic amines) is 1. The molecule has 0 aromatic heterocycles. The third-order valence-corrected chi connectivity index (χ3v) is 6.26. The van der Waals surface area contributed by atoms with Crippen molar-refractivity contribution < 1.29 is 13.2 Å². The van der Waals surface area contributed by atoms with Crippen LogP contribution in [-0.2, 0) is 14.8 Å². The van der Waals surface area contributed by atoms with E-state index < -0.39 is 16.1 Å². The van der Waals surface area contributed by atoms with Crippen LogP contribution in [0.15, 0.2) is 29.2 Å². The minimum absolute atomic E-state index is 0. The van der Waals surface area contributed by atoms with Gasteiger partial charge >= 0.3 is 0 Å². The van der Waals surface area contributed by atoms with E-state index in [0.29, 0.717) is 24.5 Å². The van der Waals surface area contributed by atoms with Gasteiger partial charge in [0, 0.05) is 24.2 Å². The third kappa shape index (κ3) is 5.31. The fourth-order valence-electron chi connectivity index (χ4n) is 2.80. The monoisotopic (exact) mass is 409 g/mol. The van der Waals surface area contributed by atoms with Gasteiger partial charge in [-0.05, 0) is 43.0 Å². The molecule has 3 N–H and O–H groups in total. The average Bonchev–Trinajstić information content (AvgIpc) is 2.49. The normalized spacial score (nSPS) is 21.3. The van der Waals surface area contributed by atoms with Crippen molar-refractivity contribution in [2.24, 2.45) is 11.1 Å². The SMILES string of the molecule is CC(NS(=O)(=O)c1ccc(Cl)cc1)C(=O)N1CCC(N)C(C)(C)C1.Cl. The van der Waals surface area contributed by atoms with Crippen LogP contribution < -0.4 is 10.5 Å². The summed E-state index contributed by atoms with van der Waals surface area (Å²) >= 11 is 5.77. The zero-order valence-corrected chi connectivity index (χ0v) is 16.9. The fraction of sp³-hybridized carbons (Fsp3) is 0.562. The minimum Gasteiger partial charge on any atom is -0.341 e. The molecule has 1 heterocycles. The van der Waals surface area contributed by atoms with Crippen LogP contribution >= 0.6 is 24.0 Å². The first-order valence-electron chi connectivity index (χ1n) is 7.85. The molecule has 2 atom stereocenters. The maximum Gasteiger partial charge on any atom is 0.241 e. The van der Waals surface area contributed by atoms with Gasteiger partial charge in [-0.25, -0.2) is 8.42 Å². The highest BCUT2D eigenvalue weighted by atomic mass is 35.5. The molecule has 0 bridgehead atoms. The standard InChI is InChI=1S/C16H24ClN3O3S.ClH/c1-11(15(21)20-9-8-14(18)16(2,3)10-20)19-24(22,23)13-6-4-12(17)5-7-13;/h4-7,11,14,19H,8-10,18H2,1-3H3;1H. The highest BCUT2D eigenvalue weighted by Crippen LogP contribution is 2.28. The first kappa shape index (κ1) is 22.2. The van der Waals surface area contributed by atoms with Crippen molar-refractivity contribution in [3.8, 4) is 0 Å². The van der Waals surface area contributed by atoms with Gasteiger partial charge in [-0.1, -0.05) is 25.4 Å². The van der Waals surface area contributed by atoms with Gasteiger partial charge in [-0.2, -0.15) is 4.72 Å². The zero-order valence-electron chi connectivity index (χ0n) is 14.5. The first-order chi connectivity index (χ1) is 11.0. The van der Waals surface area contributed by atoms with Gasteiger partial charge in [-0.15, -0.1) is 12.4 Å². The van der Waals surface area contributed by atoms with Crippen LogP contribution in [0.25, 0.3) is 0 Å². The number of benzene rings is 1. The molecule has 1 fully saturated rings. The Morgan fingerprint density at radius 3 is 2.44 bits per heavy atom. The predicted molar refractivity (Wildman–Crippen MR) is 101 cm³/mol. The van der Waals surface area contributed by atoms with E-state index in [0.717, 1.165) is 0 Å². The summed E-state index contributed by atoms with van der Waals surface area (Å²) in [4.78, 5) is 14.3. The lowest BCUT2D eigenvalue weighted by Crippen LogP contribution is -2.57. The van der Waals surface area contributed by atoms with Crippen LogP contribution in [0.2, 0.25) is 5.02 Å². The Kier molecular flexibility index (Phi) is 7.30. The molecule has 2 unspecified atom stereocenters. The third-order valence-electron chi connectivity index (χ3n) is 4.45. The van der Waals surface area contributed by atoms with E-state index in [1.807, 2.05) is 13.8 Å². The Hall–Kier alpha value is -0.860. The summed E-state index contributed by atoms with van der Waals surface area (Å²) in [5, 5.41) is 0.449. The summed E-state index contributed by atoms with van der Waals surface area (Å²) in [5.41, 5.74) is 5.89. The van der Waals surface area contributed by atoms with Gasteiger partial charge in [0.05, 0.1) is 10.9 Å². The molecule has 1 amide bonds. The van der Waals surface area contributed by atoms with Crippen molar-refractivity contribution >= 4 is 39.9 Å². The molecular weight excluding hydrogens is 385 g/mol. The number of piperidine rings is 1. The molecular formula is C16H25Cl2N3O3S. The number of nitrogens with two attached hydrogens (primary N) is 1. The summed E-state index contributed by atoms with van der Waals surface area (Å²) in [7, 11) is -3.78. The lowest BCUT2D eigenvalue weighted by atomic mass is 9.79. The second-order valence-electron chi connectivity index (χ2n) is 6.94. The number of halogens is 2. The molecule has 1 aromatic carbocycles. The second kappa shape index (κ2) is 8.22. The van der Waals surface area contributed by atoms with E-state index >= 15 is 0 Å². The summed E-state index contributed by atoms with van der Waals surface area (Å²) in [6.07, 6.45) is 0.704. The number of carbonyl (C=O) groups is 1. The summed E-state index contributed by atoms with van der Waals surface area (Å²) < 4.78 is 27.2. The van der Waals surface area contributed by atoms with Gasteiger partial charge in [0.25, 0.3) is 0 Å². The number of hydrogen-bond acceptors (Lipinski definition) is 4. The van der Waals surface area contributed by atoms with Crippen LogP contribution in [0, 0.1) is 5.41 Å². The zero-order chi connectivity index (χ0) is 18.1. The predicted octanol–water partition coefficient (Wildman–Crippen LogP) is 2.01. The Morgan fingerprint density at radius 2 is 1.92 bits per heavy atom. The van der Waals surface area contributed by atoms with E-state index in [1.165, 1.54) is 24.3 Å². The van der Waals surface area contributed by atoms with Crippen LogP contribution in [0.5, 0.6) is 0 Å². The molecule has 142 valence electrons. The molecule has 1 aliphatic heterocycles. The van der Waals surface area contributed by atoms with Crippen LogP contribution in [0.4, 0.5) is 0 Å². The maximum absolute atomic E-state index is 12.6. The molecule has 0 saturated carbocycles. The highest BCUT2D eigenvalue weighted by molar-refractivity contribution is 7.89. The van der Waals surface area contributed by atoms with Gasteiger partial charge in [0.15, 0.2) is 0 Å². The quantitative estimate of drug-likeness (QED) is 0.794. The number of carbonyl (C=O) groups excluding carboxylic acids is 1. The number of amides is 1. The fourth-order valence-corrected chi connectivity index (χ4v) is 4.12. The molecule has 0 aliphatic carbocycles. The van der Waals surface area contributed by atoms with E-state index in [-0.39, 0.29) is 34.7 Å². The molecule has 25 heavy (non-hydrogen) atoms. The number of rotatable bonds is 4. The molecule has 9 heteroatoms. The summed E-state index contributed by atoms with van der Waals surface area (Å²) in [6, 6.07) is 4.99. The van der Waals surface area contributed by atoms with Crippen LogP contribution in [0.1, 0.15) is 27.2 Å². The van der Waals surface area contributed by atoms with Crippen molar-refractivity contribution in [1.29, 1.82) is 0 Å². The Labute approximate surface area is 160 Å². The molecule has 1 aliphatic rings. The molecule has 0 radical (unpaired) electrons. The topological polar surface area (TPSA) is 92.5 Å². The lowest BCUT2D eigenvalue weighted by molar-refractivity contribution is -0.136. The smallest absolute Gasteiger partial charge is 0.241 e. The lowest BCUT2D eigenvalue weighted by Gasteiger charge is -2.43. The van der Waals surface area contributed by atoms with E-state index in [9.17, 15) is 13.2 Å². The van der Waals surface area contributed by atoms with Crippen molar-refractivity contribution in [3.05, 3.63) is 29.3 Å². The Morgan fingerprint density at radius 1 is 1.36 bits per heavy atom. The summed E-state index contributed by atoms with van der Waals surface area (Å²) in [5.74, 6) is -0.243. The van der Waals surface area contributed by atoms with E-state index in [2.05, 4.69) is 4.72 Å². The minimum atomic E-state index is -3.78.